The van der Waals surface area contributed by atoms with Crippen molar-refractivity contribution in [1.29, 1.82) is 0 Å². The lowest BCUT2D eigenvalue weighted by Crippen LogP contribution is -2.14. The summed E-state index contributed by atoms with van der Waals surface area (Å²) in [6.45, 7) is 1.75. The lowest BCUT2D eigenvalue weighted by atomic mass is 9.97. The Labute approximate surface area is 109 Å². The van der Waals surface area contributed by atoms with Crippen LogP contribution in [-0.2, 0) is 0 Å². The number of nitrogens with two attached hydrogens (primary N) is 1. The smallest absolute Gasteiger partial charge is 0.129 e. The maximum atomic E-state index is 13.7. The molecule has 0 aliphatic carbocycles. The summed E-state index contributed by atoms with van der Waals surface area (Å²) in [5, 5.41) is 0.240. The second-order valence-electron chi connectivity index (χ2n) is 4.17. The Hall–Kier alpha value is -1.45. The summed E-state index contributed by atoms with van der Waals surface area (Å²) in [5.74, 6) is -0.884. The van der Waals surface area contributed by atoms with Gasteiger partial charge in [-0.2, -0.15) is 0 Å². The van der Waals surface area contributed by atoms with Crippen molar-refractivity contribution in [2.24, 2.45) is 5.73 Å². The molecule has 0 heterocycles. The number of halogens is 3. The number of aryl methyl sites for hydroxylation is 1. The van der Waals surface area contributed by atoms with Crippen LogP contribution in [-0.4, -0.2) is 0 Å². The van der Waals surface area contributed by atoms with Gasteiger partial charge in [0.2, 0.25) is 0 Å². The van der Waals surface area contributed by atoms with E-state index in [1.807, 2.05) is 0 Å². The van der Waals surface area contributed by atoms with Gasteiger partial charge in [-0.1, -0.05) is 23.7 Å². The normalized spacial score (nSPS) is 12.5. The Balaban J connectivity index is 2.51. The lowest BCUT2D eigenvalue weighted by Gasteiger charge is -2.15. The fourth-order valence-corrected chi connectivity index (χ4v) is 2.20. The summed E-state index contributed by atoms with van der Waals surface area (Å²) in [6.07, 6.45) is 0. The topological polar surface area (TPSA) is 26.0 Å². The lowest BCUT2D eigenvalue weighted by molar-refractivity contribution is 0.595. The second-order valence-corrected chi connectivity index (χ2v) is 4.58. The van der Waals surface area contributed by atoms with Crippen LogP contribution in [0.3, 0.4) is 0 Å². The molecule has 1 nitrogen and oxygen atoms in total. The average molecular weight is 268 g/mol. The largest absolute Gasteiger partial charge is 0.320 e. The highest BCUT2D eigenvalue weighted by molar-refractivity contribution is 6.31. The monoisotopic (exact) mass is 267 g/mol. The molecule has 0 aliphatic rings. The van der Waals surface area contributed by atoms with Gasteiger partial charge in [0.05, 0.1) is 6.04 Å². The third kappa shape index (κ3) is 2.52. The maximum Gasteiger partial charge on any atom is 0.129 e. The summed E-state index contributed by atoms with van der Waals surface area (Å²) >= 11 is 5.94. The van der Waals surface area contributed by atoms with Gasteiger partial charge in [0.25, 0.3) is 0 Å². The van der Waals surface area contributed by atoms with Crippen molar-refractivity contribution < 1.29 is 8.78 Å². The zero-order chi connectivity index (χ0) is 13.3. The highest BCUT2D eigenvalue weighted by Gasteiger charge is 2.17. The molecule has 94 valence electrons. The quantitative estimate of drug-likeness (QED) is 0.875. The predicted molar refractivity (Wildman–Crippen MR) is 68.6 cm³/mol. The van der Waals surface area contributed by atoms with Gasteiger partial charge in [-0.25, -0.2) is 8.78 Å². The van der Waals surface area contributed by atoms with Crippen LogP contribution in [0, 0.1) is 18.6 Å². The molecule has 0 fully saturated rings. The van der Waals surface area contributed by atoms with Gasteiger partial charge in [-0.3, -0.25) is 0 Å². The van der Waals surface area contributed by atoms with E-state index in [1.165, 1.54) is 24.3 Å². The third-order valence-electron chi connectivity index (χ3n) is 2.73. The second kappa shape index (κ2) is 5.04. The van der Waals surface area contributed by atoms with E-state index in [1.54, 1.807) is 19.1 Å². The zero-order valence-corrected chi connectivity index (χ0v) is 10.5. The van der Waals surface area contributed by atoms with Crippen LogP contribution < -0.4 is 5.73 Å². The molecule has 0 amide bonds. The first-order valence-corrected chi connectivity index (χ1v) is 5.83. The molecule has 0 radical (unpaired) electrons. The first-order chi connectivity index (χ1) is 8.49. The van der Waals surface area contributed by atoms with Gasteiger partial charge in [-0.05, 0) is 42.3 Å². The van der Waals surface area contributed by atoms with Crippen molar-refractivity contribution in [1.82, 2.24) is 0 Å². The Morgan fingerprint density at radius 1 is 1.17 bits per heavy atom. The van der Waals surface area contributed by atoms with Crippen molar-refractivity contribution in [2.45, 2.75) is 13.0 Å². The number of hydrogen-bond acceptors (Lipinski definition) is 1. The molecule has 18 heavy (non-hydrogen) atoms. The number of rotatable bonds is 2. The van der Waals surface area contributed by atoms with Gasteiger partial charge in [0.1, 0.15) is 11.6 Å². The molecule has 2 aromatic rings. The number of benzene rings is 2. The van der Waals surface area contributed by atoms with Crippen molar-refractivity contribution in [3.63, 3.8) is 0 Å². The van der Waals surface area contributed by atoms with Crippen molar-refractivity contribution in [3.8, 4) is 0 Å². The van der Waals surface area contributed by atoms with Crippen LogP contribution in [0.15, 0.2) is 36.4 Å². The van der Waals surface area contributed by atoms with Gasteiger partial charge in [-0.15, -0.1) is 0 Å². The van der Waals surface area contributed by atoms with Gasteiger partial charge in [0.15, 0.2) is 0 Å². The summed E-state index contributed by atoms with van der Waals surface area (Å²) in [5.41, 5.74) is 7.38. The molecule has 1 unspecified atom stereocenters. The highest BCUT2D eigenvalue weighted by Crippen LogP contribution is 2.29. The highest BCUT2D eigenvalue weighted by atomic mass is 35.5. The predicted octanol–water partition coefficient (Wildman–Crippen LogP) is 3.97. The first kappa shape index (κ1) is 13.0. The van der Waals surface area contributed by atoms with Crippen LogP contribution >= 0.6 is 11.6 Å². The fourth-order valence-electron chi connectivity index (χ4n) is 1.92. The van der Waals surface area contributed by atoms with E-state index in [0.29, 0.717) is 5.56 Å². The molecule has 2 rings (SSSR count). The molecule has 0 saturated carbocycles. The summed E-state index contributed by atoms with van der Waals surface area (Å²) in [4.78, 5) is 0. The SMILES string of the molecule is Cc1cc(F)cc(C(N)c2c(F)cccc2Cl)c1. The van der Waals surface area contributed by atoms with E-state index in [-0.39, 0.29) is 10.6 Å². The standard InChI is InChI=1S/C14H12ClF2N/c1-8-5-9(7-10(16)6-8)14(18)13-11(15)3-2-4-12(13)17/h2-7,14H,18H2,1H3. The van der Waals surface area contributed by atoms with E-state index in [9.17, 15) is 8.78 Å². The Morgan fingerprint density at radius 2 is 1.89 bits per heavy atom. The van der Waals surface area contributed by atoms with Crippen LogP contribution in [0.4, 0.5) is 8.78 Å². The minimum absolute atomic E-state index is 0.184. The first-order valence-electron chi connectivity index (χ1n) is 5.45. The van der Waals surface area contributed by atoms with Crippen molar-refractivity contribution >= 4 is 11.6 Å². The minimum atomic E-state index is -0.784. The van der Waals surface area contributed by atoms with Gasteiger partial charge in [0, 0.05) is 10.6 Å². The zero-order valence-electron chi connectivity index (χ0n) is 9.75. The van der Waals surface area contributed by atoms with Crippen LogP contribution in [0.1, 0.15) is 22.7 Å². The Morgan fingerprint density at radius 3 is 2.50 bits per heavy atom. The summed E-state index contributed by atoms with van der Waals surface area (Å²) in [7, 11) is 0. The molecule has 0 bridgehead atoms. The Kier molecular flexibility index (Phi) is 3.64. The average Bonchev–Trinajstić information content (AvgIpc) is 2.27. The van der Waals surface area contributed by atoms with Gasteiger partial charge < -0.3 is 5.73 Å². The van der Waals surface area contributed by atoms with Crippen LogP contribution in [0.2, 0.25) is 5.02 Å². The van der Waals surface area contributed by atoms with Gasteiger partial charge >= 0.3 is 0 Å². The third-order valence-corrected chi connectivity index (χ3v) is 3.06. The molecular weight excluding hydrogens is 256 g/mol. The molecule has 2 aromatic carbocycles. The molecule has 0 aliphatic heterocycles. The summed E-state index contributed by atoms with van der Waals surface area (Å²) < 4.78 is 27.1. The molecular formula is C14H12ClF2N. The molecule has 0 spiro atoms. The van der Waals surface area contributed by atoms with E-state index in [2.05, 4.69) is 0 Å². The molecule has 0 saturated heterocycles. The van der Waals surface area contributed by atoms with Crippen LogP contribution in [0.25, 0.3) is 0 Å². The van der Waals surface area contributed by atoms with Crippen LogP contribution in [0.5, 0.6) is 0 Å². The Bertz CT molecular complexity index is 544. The van der Waals surface area contributed by atoms with Crippen molar-refractivity contribution in [2.75, 3.05) is 0 Å². The molecule has 1 atom stereocenters. The number of hydrogen-bond donors (Lipinski definition) is 1. The van der Waals surface area contributed by atoms with E-state index in [0.717, 1.165) is 5.56 Å². The molecule has 4 heteroatoms. The molecule has 2 N–H and O–H groups in total. The van der Waals surface area contributed by atoms with E-state index < -0.39 is 17.7 Å². The molecule has 0 aromatic heterocycles. The fraction of sp³-hybridized carbons (Fsp3) is 0.143. The minimum Gasteiger partial charge on any atom is -0.320 e. The van der Waals surface area contributed by atoms with E-state index in [4.69, 9.17) is 17.3 Å². The maximum absolute atomic E-state index is 13.7. The van der Waals surface area contributed by atoms with Crippen molar-refractivity contribution in [3.05, 3.63) is 69.7 Å². The van der Waals surface area contributed by atoms with E-state index >= 15 is 0 Å². The summed E-state index contributed by atoms with van der Waals surface area (Å²) in [6, 6.07) is 7.97.